The maximum absolute atomic E-state index is 11.9. The summed E-state index contributed by atoms with van der Waals surface area (Å²) >= 11 is 0. The summed E-state index contributed by atoms with van der Waals surface area (Å²) in [6, 6.07) is 1.92. The highest BCUT2D eigenvalue weighted by molar-refractivity contribution is 5.96. The number of aromatic nitrogens is 4. The number of carbonyl (C=O) groups is 2. The standard InChI is InChI=1S/C12H13N5O4/c18-4-3-9(12(20)21)16-11(19)8-1-2-10(14-5-8)17-7-13-6-15-17/h1-2,5-7,9,18H,3-4H2,(H,16,19)(H,20,21)/t9-/m0/s1. The highest BCUT2D eigenvalue weighted by atomic mass is 16.4. The van der Waals surface area contributed by atoms with Gasteiger partial charge in [0, 0.05) is 19.2 Å². The summed E-state index contributed by atoms with van der Waals surface area (Å²) < 4.78 is 1.42. The van der Waals surface area contributed by atoms with Crippen LogP contribution in [0.1, 0.15) is 16.8 Å². The van der Waals surface area contributed by atoms with Crippen molar-refractivity contribution in [3.8, 4) is 5.82 Å². The molecule has 1 atom stereocenters. The number of carbonyl (C=O) groups excluding carboxylic acids is 1. The van der Waals surface area contributed by atoms with Crippen LogP contribution in [0.5, 0.6) is 0 Å². The van der Waals surface area contributed by atoms with Crippen LogP contribution in [-0.2, 0) is 4.79 Å². The van der Waals surface area contributed by atoms with E-state index in [9.17, 15) is 9.59 Å². The SMILES string of the molecule is O=C(N[C@@H](CCO)C(=O)O)c1ccc(-n2cncn2)nc1. The summed E-state index contributed by atoms with van der Waals surface area (Å²) in [5.41, 5.74) is 0.211. The molecule has 0 aliphatic rings. The van der Waals surface area contributed by atoms with E-state index in [0.29, 0.717) is 5.82 Å². The first kappa shape index (κ1) is 14.6. The average molecular weight is 291 g/mol. The van der Waals surface area contributed by atoms with Gasteiger partial charge in [0.2, 0.25) is 0 Å². The predicted molar refractivity (Wildman–Crippen MR) is 69.7 cm³/mol. The molecule has 9 heteroatoms. The molecule has 2 aromatic heterocycles. The number of aliphatic hydroxyl groups is 1. The lowest BCUT2D eigenvalue weighted by molar-refractivity contribution is -0.139. The Morgan fingerprint density at radius 1 is 1.38 bits per heavy atom. The molecule has 9 nitrogen and oxygen atoms in total. The molecule has 21 heavy (non-hydrogen) atoms. The highest BCUT2D eigenvalue weighted by Gasteiger charge is 2.20. The number of amides is 1. The molecule has 1 amide bonds. The summed E-state index contributed by atoms with van der Waals surface area (Å²) in [6.07, 6.45) is 4.06. The third-order valence-electron chi connectivity index (χ3n) is 2.68. The Morgan fingerprint density at radius 3 is 2.71 bits per heavy atom. The van der Waals surface area contributed by atoms with Gasteiger partial charge in [-0.3, -0.25) is 4.79 Å². The number of hydrogen-bond donors (Lipinski definition) is 3. The molecular formula is C12H13N5O4. The van der Waals surface area contributed by atoms with Gasteiger partial charge in [-0.05, 0) is 12.1 Å². The van der Waals surface area contributed by atoms with Gasteiger partial charge in [-0.25, -0.2) is 19.4 Å². The molecule has 2 rings (SSSR count). The molecule has 2 aromatic rings. The summed E-state index contributed by atoms with van der Waals surface area (Å²) in [5.74, 6) is -1.30. The number of nitrogens with zero attached hydrogens (tertiary/aromatic N) is 4. The second-order valence-electron chi connectivity index (χ2n) is 4.12. The molecule has 3 N–H and O–H groups in total. The van der Waals surface area contributed by atoms with E-state index in [4.69, 9.17) is 10.2 Å². The van der Waals surface area contributed by atoms with E-state index < -0.39 is 17.9 Å². The molecule has 0 aliphatic carbocycles. The Hall–Kier alpha value is -2.81. The summed E-state index contributed by atoms with van der Waals surface area (Å²) in [4.78, 5) is 30.6. The predicted octanol–water partition coefficient (Wildman–Crippen LogP) is -0.772. The largest absolute Gasteiger partial charge is 0.480 e. The van der Waals surface area contributed by atoms with Gasteiger partial charge in [0.1, 0.15) is 18.7 Å². The molecule has 110 valence electrons. The van der Waals surface area contributed by atoms with Crippen molar-refractivity contribution >= 4 is 11.9 Å². The zero-order chi connectivity index (χ0) is 15.2. The summed E-state index contributed by atoms with van der Waals surface area (Å²) in [5, 5.41) is 23.9. The molecule has 0 spiro atoms. The van der Waals surface area contributed by atoms with E-state index in [-0.39, 0.29) is 18.6 Å². The molecule has 0 fully saturated rings. The number of nitrogens with one attached hydrogen (secondary N) is 1. The number of pyridine rings is 1. The number of aliphatic carboxylic acids is 1. The maximum Gasteiger partial charge on any atom is 0.326 e. The minimum Gasteiger partial charge on any atom is -0.480 e. The van der Waals surface area contributed by atoms with Gasteiger partial charge >= 0.3 is 5.97 Å². The number of aliphatic hydroxyl groups excluding tert-OH is 1. The first-order chi connectivity index (χ1) is 10.1. The van der Waals surface area contributed by atoms with Crippen molar-refractivity contribution in [2.75, 3.05) is 6.61 Å². The maximum atomic E-state index is 11.9. The molecule has 0 aromatic carbocycles. The Kier molecular flexibility index (Phi) is 4.57. The quantitative estimate of drug-likeness (QED) is 0.636. The number of rotatable bonds is 6. The zero-order valence-corrected chi connectivity index (χ0v) is 10.9. The Morgan fingerprint density at radius 2 is 2.19 bits per heavy atom. The van der Waals surface area contributed by atoms with E-state index in [1.807, 2.05) is 0 Å². The van der Waals surface area contributed by atoms with E-state index in [0.717, 1.165) is 0 Å². The second kappa shape index (κ2) is 6.57. The fraction of sp³-hybridized carbons (Fsp3) is 0.250. The van der Waals surface area contributed by atoms with Gasteiger partial charge in [-0.1, -0.05) is 0 Å². The van der Waals surface area contributed by atoms with Crippen molar-refractivity contribution in [1.29, 1.82) is 0 Å². The fourth-order valence-electron chi connectivity index (χ4n) is 1.61. The number of hydrogen-bond acceptors (Lipinski definition) is 6. The van der Waals surface area contributed by atoms with Crippen LogP contribution in [0.2, 0.25) is 0 Å². The van der Waals surface area contributed by atoms with Crippen LogP contribution in [0.4, 0.5) is 0 Å². The van der Waals surface area contributed by atoms with Crippen molar-refractivity contribution in [3.05, 3.63) is 36.5 Å². The third-order valence-corrected chi connectivity index (χ3v) is 2.68. The van der Waals surface area contributed by atoms with Crippen molar-refractivity contribution in [3.63, 3.8) is 0 Å². The summed E-state index contributed by atoms with van der Waals surface area (Å²) in [6.45, 7) is -0.333. The zero-order valence-electron chi connectivity index (χ0n) is 10.9. The van der Waals surface area contributed by atoms with Gasteiger partial charge in [-0.2, -0.15) is 5.10 Å². The first-order valence-corrected chi connectivity index (χ1v) is 6.07. The number of carboxylic acid groups (broad SMARTS) is 1. The topological polar surface area (TPSA) is 130 Å². The third kappa shape index (κ3) is 3.60. The van der Waals surface area contributed by atoms with Gasteiger partial charge < -0.3 is 15.5 Å². The Bertz CT molecular complexity index is 611. The van der Waals surface area contributed by atoms with E-state index in [1.54, 1.807) is 6.07 Å². The highest BCUT2D eigenvalue weighted by Crippen LogP contribution is 2.05. The normalized spacial score (nSPS) is 11.9. The van der Waals surface area contributed by atoms with Crippen LogP contribution < -0.4 is 5.32 Å². The van der Waals surface area contributed by atoms with E-state index >= 15 is 0 Å². The lowest BCUT2D eigenvalue weighted by Crippen LogP contribution is -2.41. The van der Waals surface area contributed by atoms with Crippen molar-refractivity contribution in [2.45, 2.75) is 12.5 Å². The van der Waals surface area contributed by atoms with Gasteiger partial charge in [0.25, 0.3) is 5.91 Å². The van der Waals surface area contributed by atoms with Crippen molar-refractivity contribution in [1.82, 2.24) is 25.1 Å². The lowest BCUT2D eigenvalue weighted by atomic mass is 10.2. The molecular weight excluding hydrogens is 278 g/mol. The minimum absolute atomic E-state index is 0.0639. The van der Waals surface area contributed by atoms with Crippen molar-refractivity contribution < 1.29 is 19.8 Å². The molecule has 0 unspecified atom stereocenters. The van der Waals surface area contributed by atoms with Crippen LogP contribution in [0.3, 0.4) is 0 Å². The average Bonchev–Trinajstić information content (AvgIpc) is 3.01. The number of carboxylic acids is 1. The van der Waals surface area contributed by atoms with Crippen LogP contribution in [0.15, 0.2) is 31.0 Å². The lowest BCUT2D eigenvalue weighted by Gasteiger charge is -2.13. The summed E-state index contributed by atoms with van der Waals surface area (Å²) in [7, 11) is 0. The van der Waals surface area contributed by atoms with Crippen molar-refractivity contribution in [2.24, 2.45) is 0 Å². The monoisotopic (exact) mass is 291 g/mol. The minimum atomic E-state index is -1.20. The van der Waals surface area contributed by atoms with Gasteiger partial charge in [0.15, 0.2) is 5.82 Å². The Labute approximate surface area is 119 Å². The Balaban J connectivity index is 2.07. The van der Waals surface area contributed by atoms with Crippen LogP contribution in [0.25, 0.3) is 5.82 Å². The van der Waals surface area contributed by atoms with Crippen LogP contribution >= 0.6 is 0 Å². The fourth-order valence-corrected chi connectivity index (χ4v) is 1.61. The molecule has 0 aliphatic heterocycles. The van der Waals surface area contributed by atoms with Gasteiger partial charge in [0.05, 0.1) is 5.56 Å². The molecule has 0 bridgehead atoms. The van der Waals surface area contributed by atoms with Gasteiger partial charge in [-0.15, -0.1) is 0 Å². The molecule has 0 radical (unpaired) electrons. The first-order valence-electron chi connectivity index (χ1n) is 6.07. The van der Waals surface area contributed by atoms with Crippen LogP contribution in [0, 0.1) is 0 Å². The molecule has 0 saturated carbocycles. The molecule has 2 heterocycles. The second-order valence-corrected chi connectivity index (χ2v) is 4.12. The van der Waals surface area contributed by atoms with Crippen LogP contribution in [-0.4, -0.2) is 54.5 Å². The molecule has 0 saturated heterocycles. The van der Waals surface area contributed by atoms with E-state index in [2.05, 4.69) is 20.4 Å². The smallest absolute Gasteiger partial charge is 0.326 e. The van der Waals surface area contributed by atoms with E-state index in [1.165, 1.54) is 29.6 Å².